The molecule has 0 fully saturated rings. The summed E-state index contributed by atoms with van der Waals surface area (Å²) in [5.41, 5.74) is 16.7. The molecule has 5 nitrogen and oxygen atoms in total. The number of hydrogen-bond acceptors (Lipinski definition) is 5. The van der Waals surface area contributed by atoms with Crippen LogP contribution in [0.15, 0.2) is 0 Å². The van der Waals surface area contributed by atoms with Gasteiger partial charge in [0.05, 0.1) is 12.1 Å². The molecule has 5 heteroatoms. The van der Waals surface area contributed by atoms with Crippen LogP contribution in [0.2, 0.25) is 0 Å². The molecule has 0 aliphatic rings. The van der Waals surface area contributed by atoms with Crippen LogP contribution in [-0.4, -0.2) is 30.2 Å². The SMILES string of the molecule is C.CC(C)C(=O)[C@@H](N)CCCCN.CCCCC[C@@H](N)C(=O)C(C)C. The first-order valence-electron chi connectivity index (χ1n) is 9.47. The van der Waals surface area contributed by atoms with Gasteiger partial charge < -0.3 is 17.2 Å². The number of hydrogen-bond donors (Lipinski definition) is 3. The topological polar surface area (TPSA) is 112 Å². The number of carbonyl (C=O) groups is 2. The van der Waals surface area contributed by atoms with E-state index in [2.05, 4.69) is 6.92 Å². The lowest BCUT2D eigenvalue weighted by molar-refractivity contribution is -0.124. The molecule has 0 heterocycles. The van der Waals surface area contributed by atoms with Gasteiger partial charge in [-0.1, -0.05) is 67.7 Å². The number of Topliss-reactive ketones (excluding diaryl/α,β-unsaturated/α-hetero) is 2. The Hall–Kier alpha value is -0.780. The summed E-state index contributed by atoms with van der Waals surface area (Å²) in [5, 5.41) is 0. The highest BCUT2D eigenvalue weighted by atomic mass is 16.1. The van der Waals surface area contributed by atoms with E-state index in [-0.39, 0.29) is 42.9 Å². The molecule has 0 bridgehead atoms. The van der Waals surface area contributed by atoms with Gasteiger partial charge >= 0.3 is 0 Å². The van der Waals surface area contributed by atoms with Crippen molar-refractivity contribution in [2.75, 3.05) is 6.54 Å². The molecule has 0 saturated carbocycles. The summed E-state index contributed by atoms with van der Waals surface area (Å²) in [4.78, 5) is 22.6. The molecule has 0 rings (SSSR count). The average molecular weight is 360 g/mol. The van der Waals surface area contributed by atoms with E-state index in [1.165, 1.54) is 12.8 Å². The molecule has 0 aromatic rings. The second-order valence-corrected chi connectivity index (χ2v) is 7.11. The van der Waals surface area contributed by atoms with Gasteiger partial charge in [-0.25, -0.2) is 0 Å². The summed E-state index contributed by atoms with van der Waals surface area (Å²) in [7, 11) is 0. The van der Waals surface area contributed by atoms with Crippen LogP contribution in [0.5, 0.6) is 0 Å². The Bertz CT molecular complexity index is 299. The minimum atomic E-state index is -0.281. The van der Waals surface area contributed by atoms with E-state index in [1.54, 1.807) is 0 Å². The van der Waals surface area contributed by atoms with Gasteiger partial charge in [-0.2, -0.15) is 0 Å². The van der Waals surface area contributed by atoms with E-state index in [4.69, 9.17) is 17.2 Å². The van der Waals surface area contributed by atoms with E-state index < -0.39 is 0 Å². The van der Waals surface area contributed by atoms with Crippen LogP contribution in [0.25, 0.3) is 0 Å². The van der Waals surface area contributed by atoms with Gasteiger partial charge in [0, 0.05) is 11.8 Å². The smallest absolute Gasteiger partial charge is 0.152 e. The summed E-state index contributed by atoms with van der Waals surface area (Å²) in [6, 6.07) is -0.506. The maximum atomic E-state index is 11.3. The van der Waals surface area contributed by atoms with Crippen LogP contribution in [0, 0.1) is 11.8 Å². The number of nitrogens with two attached hydrogens (primary N) is 3. The highest BCUT2D eigenvalue weighted by Crippen LogP contribution is 2.06. The minimum Gasteiger partial charge on any atom is -0.330 e. The van der Waals surface area contributed by atoms with Crippen molar-refractivity contribution in [1.29, 1.82) is 0 Å². The molecule has 0 aromatic heterocycles. The monoisotopic (exact) mass is 359 g/mol. The summed E-state index contributed by atoms with van der Waals surface area (Å²) < 4.78 is 0. The van der Waals surface area contributed by atoms with Crippen molar-refractivity contribution in [1.82, 2.24) is 0 Å². The highest BCUT2D eigenvalue weighted by Gasteiger charge is 2.16. The quantitative estimate of drug-likeness (QED) is 0.462. The largest absolute Gasteiger partial charge is 0.330 e. The third kappa shape index (κ3) is 16.4. The van der Waals surface area contributed by atoms with Gasteiger partial charge in [0.1, 0.15) is 0 Å². The second kappa shape index (κ2) is 18.0. The van der Waals surface area contributed by atoms with Crippen molar-refractivity contribution in [2.45, 2.75) is 99.1 Å². The van der Waals surface area contributed by atoms with Crippen LogP contribution < -0.4 is 17.2 Å². The Morgan fingerprint density at radius 2 is 1.12 bits per heavy atom. The molecule has 0 aliphatic heterocycles. The predicted molar refractivity (Wildman–Crippen MR) is 109 cm³/mol. The Balaban J connectivity index is -0.000000372. The van der Waals surface area contributed by atoms with Gasteiger partial charge in [-0.05, 0) is 25.8 Å². The van der Waals surface area contributed by atoms with E-state index in [9.17, 15) is 9.59 Å². The molecular weight excluding hydrogens is 314 g/mol. The molecule has 0 amide bonds. The Morgan fingerprint density at radius 3 is 1.40 bits per heavy atom. The fraction of sp³-hybridized carbons (Fsp3) is 0.900. The van der Waals surface area contributed by atoms with Crippen molar-refractivity contribution in [3.63, 3.8) is 0 Å². The lowest BCUT2D eigenvalue weighted by Gasteiger charge is -2.12. The summed E-state index contributed by atoms with van der Waals surface area (Å²) >= 11 is 0. The van der Waals surface area contributed by atoms with Crippen molar-refractivity contribution < 1.29 is 9.59 Å². The first-order valence-corrected chi connectivity index (χ1v) is 9.47. The molecule has 0 radical (unpaired) electrons. The molecule has 152 valence electrons. The molecule has 2 atom stereocenters. The van der Waals surface area contributed by atoms with E-state index in [0.717, 1.165) is 32.1 Å². The molecule has 0 aliphatic carbocycles. The number of rotatable bonds is 12. The standard InChI is InChI=1S/C10H21NO.C9H20N2O.CH4/c1-4-5-6-7-9(11)10(12)8(2)3;1-7(2)9(12)8(11)5-3-4-6-10;/h8-9H,4-7,11H2,1-3H3;7-8H,3-6,10-11H2,1-2H3;1H4/t9-;8-;/m10./s1. The number of carbonyl (C=O) groups excluding carboxylic acids is 2. The van der Waals surface area contributed by atoms with Crippen molar-refractivity contribution in [3.05, 3.63) is 0 Å². The van der Waals surface area contributed by atoms with Crippen LogP contribution in [-0.2, 0) is 9.59 Å². The normalized spacial score (nSPS) is 12.9. The van der Waals surface area contributed by atoms with Crippen LogP contribution >= 0.6 is 0 Å². The number of unbranched alkanes of at least 4 members (excludes halogenated alkanes) is 3. The second-order valence-electron chi connectivity index (χ2n) is 7.11. The summed E-state index contributed by atoms with van der Waals surface area (Å²) in [5.74, 6) is 0.498. The lowest BCUT2D eigenvalue weighted by atomic mass is 9.98. The third-order valence-electron chi connectivity index (χ3n) is 3.96. The highest BCUT2D eigenvalue weighted by molar-refractivity contribution is 5.85. The zero-order chi connectivity index (χ0) is 19.1. The first kappa shape index (κ1) is 29.0. The van der Waals surface area contributed by atoms with Gasteiger partial charge in [-0.15, -0.1) is 0 Å². The van der Waals surface area contributed by atoms with Crippen LogP contribution in [0.3, 0.4) is 0 Å². The fourth-order valence-corrected chi connectivity index (χ4v) is 2.26. The fourth-order valence-electron chi connectivity index (χ4n) is 2.26. The average Bonchev–Trinajstić information content (AvgIpc) is 2.53. The molecule has 0 aromatic carbocycles. The van der Waals surface area contributed by atoms with E-state index >= 15 is 0 Å². The minimum absolute atomic E-state index is 0. The predicted octanol–water partition coefficient (Wildman–Crippen LogP) is 3.42. The molecule has 6 N–H and O–H groups in total. The van der Waals surface area contributed by atoms with Gasteiger partial charge in [-0.3, -0.25) is 9.59 Å². The molecule has 25 heavy (non-hydrogen) atoms. The lowest BCUT2D eigenvalue weighted by Crippen LogP contribution is -2.33. The third-order valence-corrected chi connectivity index (χ3v) is 3.96. The van der Waals surface area contributed by atoms with Gasteiger partial charge in [0.2, 0.25) is 0 Å². The summed E-state index contributed by atoms with van der Waals surface area (Å²) in [6.07, 6.45) is 6.98. The maximum Gasteiger partial charge on any atom is 0.152 e. The first-order chi connectivity index (χ1) is 11.2. The van der Waals surface area contributed by atoms with Gasteiger partial charge in [0.25, 0.3) is 0 Å². The van der Waals surface area contributed by atoms with E-state index in [1.807, 2.05) is 27.7 Å². The Morgan fingerprint density at radius 1 is 0.760 bits per heavy atom. The molecular formula is C20H45N3O2. The zero-order valence-corrected chi connectivity index (χ0v) is 16.5. The van der Waals surface area contributed by atoms with Crippen molar-refractivity contribution in [2.24, 2.45) is 29.0 Å². The van der Waals surface area contributed by atoms with Crippen molar-refractivity contribution >= 4 is 11.6 Å². The molecule has 0 saturated heterocycles. The molecule has 0 spiro atoms. The Labute approximate surface area is 156 Å². The van der Waals surface area contributed by atoms with E-state index in [0.29, 0.717) is 6.54 Å². The van der Waals surface area contributed by atoms with Gasteiger partial charge in [0.15, 0.2) is 11.6 Å². The Kier molecular flexibility index (Phi) is 20.9. The zero-order valence-electron chi connectivity index (χ0n) is 16.5. The number of ketones is 2. The van der Waals surface area contributed by atoms with Crippen LogP contribution in [0.4, 0.5) is 0 Å². The summed E-state index contributed by atoms with van der Waals surface area (Å²) in [6.45, 7) is 10.4. The molecule has 0 unspecified atom stereocenters. The van der Waals surface area contributed by atoms with Crippen molar-refractivity contribution in [3.8, 4) is 0 Å². The maximum absolute atomic E-state index is 11.3. The van der Waals surface area contributed by atoms with Crippen LogP contribution in [0.1, 0.15) is 87.0 Å².